The number of hydrogen-bond acceptors (Lipinski definition) is 5. The molecule has 2 heterocycles. The first-order valence-electron chi connectivity index (χ1n) is 9.40. The van der Waals surface area contributed by atoms with E-state index in [-0.39, 0.29) is 30.5 Å². The molecule has 1 saturated heterocycles. The maximum Gasteiger partial charge on any atom is 0.234 e. The zero-order chi connectivity index (χ0) is 20.5. The van der Waals surface area contributed by atoms with Crippen molar-refractivity contribution in [1.82, 2.24) is 15.1 Å². The van der Waals surface area contributed by atoms with Crippen molar-refractivity contribution in [2.24, 2.45) is 0 Å². The van der Waals surface area contributed by atoms with Crippen molar-refractivity contribution in [1.29, 1.82) is 0 Å². The molecule has 0 saturated carbocycles. The van der Waals surface area contributed by atoms with Gasteiger partial charge in [0.25, 0.3) is 0 Å². The van der Waals surface area contributed by atoms with Gasteiger partial charge in [0.15, 0.2) is 5.78 Å². The predicted octanol–water partition coefficient (Wildman–Crippen LogP) is 3.76. The SMILES string of the molecule is O=C(CN1CCN(Cc2ccccc2F)CC1)NC1CC(=O)c2c(Cl)sc(Cl)c21. The lowest BCUT2D eigenvalue weighted by Gasteiger charge is -2.34. The van der Waals surface area contributed by atoms with Crippen LogP contribution >= 0.6 is 34.5 Å². The molecular weight excluding hydrogens is 436 g/mol. The number of thiophene rings is 1. The van der Waals surface area contributed by atoms with Crippen LogP contribution in [0, 0.1) is 5.82 Å². The summed E-state index contributed by atoms with van der Waals surface area (Å²) in [5.74, 6) is -0.413. The van der Waals surface area contributed by atoms with Gasteiger partial charge < -0.3 is 5.32 Å². The molecule has 1 aromatic heterocycles. The second-order valence-corrected chi connectivity index (χ2v) is 9.55. The fourth-order valence-corrected chi connectivity index (χ4v) is 5.74. The molecule has 9 heteroatoms. The highest BCUT2D eigenvalue weighted by molar-refractivity contribution is 7.20. The van der Waals surface area contributed by atoms with Crippen molar-refractivity contribution in [3.8, 4) is 0 Å². The van der Waals surface area contributed by atoms with E-state index in [1.807, 2.05) is 6.07 Å². The van der Waals surface area contributed by atoms with Crippen molar-refractivity contribution >= 4 is 46.2 Å². The van der Waals surface area contributed by atoms with E-state index in [1.54, 1.807) is 12.1 Å². The highest BCUT2D eigenvalue weighted by Gasteiger charge is 2.36. The summed E-state index contributed by atoms with van der Waals surface area (Å²) in [5.41, 5.74) is 1.79. The molecule has 1 unspecified atom stereocenters. The molecule has 1 amide bonds. The Balaban J connectivity index is 1.28. The normalized spacial score (nSPS) is 20.1. The number of hydrogen-bond donors (Lipinski definition) is 1. The number of piperazine rings is 1. The van der Waals surface area contributed by atoms with Crippen LogP contribution < -0.4 is 5.32 Å². The van der Waals surface area contributed by atoms with Gasteiger partial charge in [0.1, 0.15) is 14.5 Å². The molecule has 0 radical (unpaired) electrons. The summed E-state index contributed by atoms with van der Waals surface area (Å²) in [6, 6.07) is 6.39. The zero-order valence-electron chi connectivity index (χ0n) is 15.6. The monoisotopic (exact) mass is 455 g/mol. The largest absolute Gasteiger partial charge is 0.348 e. The number of fused-ring (bicyclic) bond motifs is 1. The van der Waals surface area contributed by atoms with Gasteiger partial charge in [-0.25, -0.2) is 4.39 Å². The lowest BCUT2D eigenvalue weighted by Crippen LogP contribution is -2.49. The summed E-state index contributed by atoms with van der Waals surface area (Å²) in [4.78, 5) is 28.9. The van der Waals surface area contributed by atoms with Crippen LogP contribution in [0.5, 0.6) is 0 Å². The summed E-state index contributed by atoms with van der Waals surface area (Å²) < 4.78 is 14.7. The molecule has 1 fully saturated rings. The minimum atomic E-state index is -0.413. The Hall–Kier alpha value is -1.51. The first-order valence-corrected chi connectivity index (χ1v) is 11.0. The lowest BCUT2D eigenvalue weighted by molar-refractivity contribution is -0.123. The third-order valence-electron chi connectivity index (χ3n) is 5.39. The van der Waals surface area contributed by atoms with E-state index in [9.17, 15) is 14.0 Å². The van der Waals surface area contributed by atoms with Gasteiger partial charge in [0.2, 0.25) is 5.91 Å². The van der Waals surface area contributed by atoms with Gasteiger partial charge in [0.05, 0.1) is 18.2 Å². The van der Waals surface area contributed by atoms with E-state index >= 15 is 0 Å². The molecule has 1 aliphatic heterocycles. The first kappa shape index (κ1) is 20.8. The second kappa shape index (κ2) is 8.70. The Morgan fingerprint density at radius 3 is 2.55 bits per heavy atom. The molecular formula is C20H20Cl2FN3O2S. The number of rotatable bonds is 5. The molecule has 154 valence electrons. The Kier molecular flexibility index (Phi) is 6.22. The van der Waals surface area contributed by atoms with Crippen LogP contribution in [0.1, 0.15) is 33.9 Å². The molecule has 0 bridgehead atoms. The highest BCUT2D eigenvalue weighted by atomic mass is 35.5. The molecule has 4 rings (SSSR count). The number of halogens is 3. The highest BCUT2D eigenvalue weighted by Crippen LogP contribution is 2.46. The topological polar surface area (TPSA) is 52.7 Å². The maximum absolute atomic E-state index is 13.8. The number of Topliss-reactive ketones (excluding diaryl/α,β-unsaturated/α-hetero) is 1. The van der Waals surface area contributed by atoms with Crippen LogP contribution in [0.25, 0.3) is 0 Å². The van der Waals surface area contributed by atoms with E-state index in [1.165, 1.54) is 6.07 Å². The maximum atomic E-state index is 13.8. The van der Waals surface area contributed by atoms with Gasteiger partial charge in [-0.1, -0.05) is 41.4 Å². The second-order valence-electron chi connectivity index (χ2n) is 7.33. The fourth-order valence-electron chi connectivity index (χ4n) is 3.89. The van der Waals surface area contributed by atoms with Gasteiger partial charge >= 0.3 is 0 Å². The van der Waals surface area contributed by atoms with E-state index in [4.69, 9.17) is 23.2 Å². The minimum absolute atomic E-state index is 0.0831. The number of carbonyl (C=O) groups excluding carboxylic acids is 2. The van der Waals surface area contributed by atoms with Crippen molar-refractivity contribution < 1.29 is 14.0 Å². The smallest absolute Gasteiger partial charge is 0.234 e. The number of ketones is 1. The number of benzene rings is 1. The Morgan fingerprint density at radius 2 is 1.83 bits per heavy atom. The van der Waals surface area contributed by atoms with E-state index in [0.29, 0.717) is 31.9 Å². The average molecular weight is 456 g/mol. The Bertz CT molecular complexity index is 944. The van der Waals surface area contributed by atoms with Crippen LogP contribution in [-0.2, 0) is 11.3 Å². The van der Waals surface area contributed by atoms with E-state index in [0.717, 1.165) is 37.5 Å². The van der Waals surface area contributed by atoms with Gasteiger partial charge in [-0.05, 0) is 6.07 Å². The van der Waals surface area contributed by atoms with Crippen LogP contribution in [0.2, 0.25) is 8.67 Å². The van der Waals surface area contributed by atoms with E-state index < -0.39 is 6.04 Å². The molecule has 1 N–H and O–H groups in total. The zero-order valence-corrected chi connectivity index (χ0v) is 17.9. The Morgan fingerprint density at radius 1 is 1.14 bits per heavy atom. The summed E-state index contributed by atoms with van der Waals surface area (Å²) in [6.45, 7) is 3.79. The molecule has 1 aliphatic carbocycles. The average Bonchev–Trinajstić information content (AvgIpc) is 3.16. The molecule has 1 aromatic carbocycles. The van der Waals surface area contributed by atoms with Crippen molar-refractivity contribution in [3.05, 3.63) is 55.4 Å². The van der Waals surface area contributed by atoms with Crippen LogP contribution in [0.4, 0.5) is 4.39 Å². The fraction of sp³-hybridized carbons (Fsp3) is 0.400. The third-order valence-corrected chi connectivity index (χ3v) is 7.03. The van der Waals surface area contributed by atoms with Gasteiger partial charge in [0, 0.05) is 50.3 Å². The minimum Gasteiger partial charge on any atom is -0.348 e. The number of nitrogens with one attached hydrogen (secondary N) is 1. The molecule has 2 aromatic rings. The number of amides is 1. The molecule has 5 nitrogen and oxygen atoms in total. The van der Waals surface area contributed by atoms with Crippen molar-refractivity contribution in [3.63, 3.8) is 0 Å². The van der Waals surface area contributed by atoms with Crippen molar-refractivity contribution in [2.75, 3.05) is 32.7 Å². The molecule has 0 spiro atoms. The predicted molar refractivity (Wildman–Crippen MR) is 112 cm³/mol. The van der Waals surface area contributed by atoms with Crippen molar-refractivity contribution in [2.45, 2.75) is 19.0 Å². The first-order chi connectivity index (χ1) is 13.9. The molecule has 2 aliphatic rings. The van der Waals surface area contributed by atoms with Crippen LogP contribution in [0.15, 0.2) is 24.3 Å². The van der Waals surface area contributed by atoms with Gasteiger partial charge in [-0.3, -0.25) is 19.4 Å². The Labute approximate surface area is 182 Å². The number of nitrogens with zero attached hydrogens (tertiary/aromatic N) is 2. The quantitative estimate of drug-likeness (QED) is 0.745. The van der Waals surface area contributed by atoms with Gasteiger partial charge in [-0.2, -0.15) is 0 Å². The van der Waals surface area contributed by atoms with Crippen LogP contribution in [0.3, 0.4) is 0 Å². The summed E-state index contributed by atoms with van der Waals surface area (Å²) in [7, 11) is 0. The van der Waals surface area contributed by atoms with Gasteiger partial charge in [-0.15, -0.1) is 11.3 Å². The molecule has 29 heavy (non-hydrogen) atoms. The summed E-state index contributed by atoms with van der Waals surface area (Å²) in [5, 5.41) is 2.92. The summed E-state index contributed by atoms with van der Waals surface area (Å²) in [6.07, 6.45) is 0.194. The lowest BCUT2D eigenvalue weighted by atomic mass is 10.1. The summed E-state index contributed by atoms with van der Waals surface area (Å²) >= 11 is 13.5. The number of carbonyl (C=O) groups is 2. The van der Waals surface area contributed by atoms with E-state index in [2.05, 4.69) is 15.1 Å². The standard InChI is InChI=1S/C20H20Cl2FN3O2S/c21-19-17-14(9-15(27)18(17)20(22)29-19)24-16(28)11-26-7-5-25(6-8-26)10-12-3-1-2-4-13(12)23/h1-4,14H,5-11H2,(H,24,28). The molecule has 1 atom stereocenters. The van der Waals surface area contributed by atoms with Crippen LogP contribution in [-0.4, -0.2) is 54.2 Å². The third kappa shape index (κ3) is 4.49.